The number of nitrogens with zero attached hydrogens (tertiary/aromatic N) is 4. The summed E-state index contributed by atoms with van der Waals surface area (Å²) < 4.78 is 83.5. The first-order chi connectivity index (χ1) is 23.2. The Morgan fingerprint density at radius 3 is 2.12 bits per heavy atom. The van der Waals surface area contributed by atoms with Crippen LogP contribution in [-0.4, -0.2) is 43.1 Å². The lowest BCUT2D eigenvalue weighted by Crippen LogP contribution is -2.38. The SMILES string of the molecule is C[C@@H]1[C@H](CSc2nnnn2-c2ccccc2)O[C@H](c2ccc(NC(=O)c3c(F)c(F)c(F)c(F)c3F)cc2)O[C@@H]1c1ccc(CO)cc1. The molecule has 0 unspecified atom stereocenters. The summed E-state index contributed by atoms with van der Waals surface area (Å²) in [5, 5.41) is 24.3. The predicted molar refractivity (Wildman–Crippen MR) is 163 cm³/mol. The van der Waals surface area contributed by atoms with Gasteiger partial charge in [0.2, 0.25) is 11.0 Å². The molecule has 0 aliphatic carbocycles. The van der Waals surface area contributed by atoms with Crippen LogP contribution in [0.25, 0.3) is 5.69 Å². The lowest BCUT2D eigenvalue weighted by molar-refractivity contribution is -0.268. The number of rotatable bonds is 9. The number of carbonyl (C=O) groups excluding carboxylic acids is 1. The number of amides is 1. The zero-order valence-electron chi connectivity index (χ0n) is 25.0. The largest absolute Gasteiger partial charge is 0.392 e. The maximum Gasteiger partial charge on any atom is 0.261 e. The summed E-state index contributed by atoms with van der Waals surface area (Å²) in [6.45, 7) is 1.87. The molecule has 1 aliphatic heterocycles. The molecule has 2 heterocycles. The summed E-state index contributed by atoms with van der Waals surface area (Å²) in [5.74, 6) is -12.5. The second-order valence-electron chi connectivity index (χ2n) is 10.9. The van der Waals surface area contributed by atoms with E-state index in [2.05, 4.69) is 20.8 Å². The van der Waals surface area contributed by atoms with Crippen molar-refractivity contribution in [3.8, 4) is 5.69 Å². The minimum Gasteiger partial charge on any atom is -0.392 e. The molecule has 0 saturated carbocycles. The van der Waals surface area contributed by atoms with Crippen LogP contribution in [0, 0.1) is 35.0 Å². The Kier molecular flexibility index (Phi) is 9.82. The maximum atomic E-state index is 14.2. The number of aliphatic hydroxyl groups excluding tert-OH is 1. The number of para-hydroxylation sites is 1. The molecule has 4 atom stereocenters. The molecule has 6 rings (SSSR count). The van der Waals surface area contributed by atoms with Gasteiger partial charge in [0.05, 0.1) is 24.5 Å². The fraction of sp³-hybridized carbons (Fsp3) is 0.212. The van der Waals surface area contributed by atoms with Crippen LogP contribution in [0.2, 0.25) is 0 Å². The van der Waals surface area contributed by atoms with Crippen molar-refractivity contribution in [1.82, 2.24) is 20.2 Å². The van der Waals surface area contributed by atoms with E-state index >= 15 is 0 Å². The average molecular weight is 684 g/mol. The number of halogens is 5. The summed E-state index contributed by atoms with van der Waals surface area (Å²) in [6.07, 6.45) is -1.73. The van der Waals surface area contributed by atoms with Crippen molar-refractivity contribution < 1.29 is 41.3 Å². The summed E-state index contributed by atoms with van der Waals surface area (Å²) in [7, 11) is 0. The molecule has 1 fully saturated rings. The number of carbonyl (C=O) groups is 1. The van der Waals surface area contributed by atoms with Crippen molar-refractivity contribution in [2.45, 2.75) is 37.2 Å². The molecule has 9 nitrogen and oxygen atoms in total. The van der Waals surface area contributed by atoms with Crippen LogP contribution in [0.15, 0.2) is 84.0 Å². The Bertz CT molecular complexity index is 1890. The number of thioether (sulfide) groups is 1. The van der Waals surface area contributed by atoms with Gasteiger partial charge in [0.15, 0.2) is 29.6 Å². The van der Waals surface area contributed by atoms with Gasteiger partial charge in [-0.1, -0.05) is 73.3 Å². The summed E-state index contributed by atoms with van der Waals surface area (Å²) in [6, 6.07) is 22.6. The van der Waals surface area contributed by atoms with Gasteiger partial charge >= 0.3 is 0 Å². The molecule has 1 aliphatic rings. The van der Waals surface area contributed by atoms with E-state index in [4.69, 9.17) is 9.47 Å². The van der Waals surface area contributed by atoms with E-state index in [1.54, 1.807) is 28.9 Å². The number of aromatic nitrogens is 4. The van der Waals surface area contributed by atoms with E-state index in [0.29, 0.717) is 16.5 Å². The first-order valence-corrected chi connectivity index (χ1v) is 15.5. The quantitative estimate of drug-likeness (QED) is 0.0766. The molecule has 1 aromatic heterocycles. The molecular formula is C33H26F5N5O4S. The van der Waals surface area contributed by atoms with Crippen LogP contribution in [0.1, 0.15) is 46.4 Å². The standard InChI is InChI=1S/C33H26F5N5O4S/c1-17-23(16-48-33-40-41-42-43(33)22-5-3-2-4-6-22)46-32(47-30(17)19-9-7-18(15-44)8-10-19)20-11-13-21(14-12-20)39-31(45)24-25(34)27(36)29(38)28(37)26(24)35/h2-14,17,23,30,32,44H,15-16H2,1H3,(H,39,45)/t17-,23+,30+,32+/m1/s1. The third-order valence-electron chi connectivity index (χ3n) is 7.82. The van der Waals surface area contributed by atoms with Crippen LogP contribution in [0.5, 0.6) is 0 Å². The minimum atomic E-state index is -2.36. The highest BCUT2D eigenvalue weighted by atomic mass is 32.2. The number of anilines is 1. The van der Waals surface area contributed by atoms with Crippen LogP contribution in [0.4, 0.5) is 27.6 Å². The average Bonchev–Trinajstić information content (AvgIpc) is 3.59. The zero-order chi connectivity index (χ0) is 33.9. The van der Waals surface area contributed by atoms with E-state index in [1.807, 2.05) is 49.4 Å². The Labute approximate surface area is 274 Å². The fourth-order valence-corrected chi connectivity index (χ4v) is 6.24. The van der Waals surface area contributed by atoms with Gasteiger partial charge < -0.3 is 19.9 Å². The highest BCUT2D eigenvalue weighted by molar-refractivity contribution is 7.99. The highest BCUT2D eigenvalue weighted by Gasteiger charge is 2.39. The van der Waals surface area contributed by atoms with E-state index in [9.17, 15) is 31.9 Å². The minimum absolute atomic E-state index is 0.0212. The van der Waals surface area contributed by atoms with Crippen LogP contribution in [0.3, 0.4) is 0 Å². The monoisotopic (exact) mass is 683 g/mol. The summed E-state index contributed by atoms with van der Waals surface area (Å²) in [4.78, 5) is 12.5. The normalized spacial score (nSPS) is 19.3. The Morgan fingerprint density at radius 1 is 0.854 bits per heavy atom. The van der Waals surface area contributed by atoms with Gasteiger partial charge in [0.25, 0.3) is 5.91 Å². The Balaban J connectivity index is 1.23. The first-order valence-electron chi connectivity index (χ1n) is 14.6. The summed E-state index contributed by atoms with van der Waals surface area (Å²) in [5.41, 5.74) is 1.32. The molecule has 0 spiro atoms. The van der Waals surface area contributed by atoms with Gasteiger partial charge in [-0.05, 0) is 45.8 Å². The molecular weight excluding hydrogens is 657 g/mol. The molecule has 1 amide bonds. The van der Waals surface area contributed by atoms with Crippen molar-refractivity contribution in [3.63, 3.8) is 0 Å². The predicted octanol–water partition coefficient (Wildman–Crippen LogP) is 6.69. The highest BCUT2D eigenvalue weighted by Crippen LogP contribution is 2.43. The van der Waals surface area contributed by atoms with Crippen molar-refractivity contribution in [3.05, 3.63) is 130 Å². The van der Waals surface area contributed by atoms with Crippen molar-refractivity contribution in [2.24, 2.45) is 5.92 Å². The number of hydrogen-bond acceptors (Lipinski definition) is 8. The van der Waals surface area contributed by atoms with Gasteiger partial charge in [0.1, 0.15) is 5.56 Å². The van der Waals surface area contributed by atoms with Gasteiger partial charge in [0, 0.05) is 22.9 Å². The maximum absolute atomic E-state index is 14.2. The number of ether oxygens (including phenoxy) is 2. The molecule has 4 aromatic carbocycles. The van der Waals surface area contributed by atoms with E-state index in [0.717, 1.165) is 16.8 Å². The molecule has 248 valence electrons. The van der Waals surface area contributed by atoms with E-state index in [1.165, 1.54) is 23.9 Å². The van der Waals surface area contributed by atoms with Crippen LogP contribution < -0.4 is 5.32 Å². The van der Waals surface area contributed by atoms with Gasteiger partial charge in [-0.2, -0.15) is 4.68 Å². The lowest BCUT2D eigenvalue weighted by atomic mass is 9.91. The van der Waals surface area contributed by atoms with Crippen LogP contribution in [-0.2, 0) is 16.1 Å². The molecule has 1 saturated heterocycles. The van der Waals surface area contributed by atoms with Gasteiger partial charge in [-0.15, -0.1) is 5.10 Å². The number of nitrogens with one attached hydrogen (secondary N) is 1. The molecule has 5 aromatic rings. The van der Waals surface area contributed by atoms with Crippen molar-refractivity contribution in [1.29, 1.82) is 0 Å². The van der Waals surface area contributed by atoms with Crippen LogP contribution >= 0.6 is 11.8 Å². The smallest absolute Gasteiger partial charge is 0.261 e. The van der Waals surface area contributed by atoms with Gasteiger partial charge in [-0.3, -0.25) is 4.79 Å². The molecule has 0 bridgehead atoms. The topological polar surface area (TPSA) is 111 Å². The van der Waals surface area contributed by atoms with E-state index < -0.39 is 53.0 Å². The third-order valence-corrected chi connectivity index (χ3v) is 8.83. The second kappa shape index (κ2) is 14.2. The van der Waals surface area contributed by atoms with Crippen molar-refractivity contribution in [2.75, 3.05) is 11.1 Å². The number of aliphatic hydroxyl groups is 1. The molecule has 0 radical (unpaired) electrons. The molecule has 15 heteroatoms. The number of tetrazole rings is 1. The van der Waals surface area contributed by atoms with Gasteiger partial charge in [-0.25, -0.2) is 22.0 Å². The molecule has 2 N–H and O–H groups in total. The Morgan fingerprint density at radius 2 is 1.48 bits per heavy atom. The zero-order valence-corrected chi connectivity index (χ0v) is 25.8. The first kappa shape index (κ1) is 33.2. The molecule has 48 heavy (non-hydrogen) atoms. The van der Waals surface area contributed by atoms with Crippen molar-refractivity contribution >= 4 is 23.4 Å². The summed E-state index contributed by atoms with van der Waals surface area (Å²) >= 11 is 1.40. The third kappa shape index (κ3) is 6.67. The Hall–Kier alpha value is -4.70. The second-order valence-corrected chi connectivity index (χ2v) is 11.8. The number of hydrogen-bond donors (Lipinski definition) is 2. The van der Waals surface area contributed by atoms with E-state index in [-0.39, 0.29) is 24.3 Å². The number of benzene rings is 4. The lowest BCUT2D eigenvalue weighted by Gasteiger charge is -2.41. The fourth-order valence-electron chi connectivity index (χ4n) is 5.19.